The molecule has 0 aliphatic heterocycles. The molecule has 1 saturated carbocycles. The summed E-state index contributed by atoms with van der Waals surface area (Å²) in [5.41, 5.74) is 0.243. The van der Waals surface area contributed by atoms with E-state index in [-0.39, 0.29) is 5.54 Å². The van der Waals surface area contributed by atoms with Crippen LogP contribution in [0.2, 0.25) is 0 Å². The van der Waals surface area contributed by atoms with Gasteiger partial charge in [0.25, 0.3) is 0 Å². The fourth-order valence-electron chi connectivity index (χ4n) is 2.33. The van der Waals surface area contributed by atoms with Gasteiger partial charge < -0.3 is 5.32 Å². The van der Waals surface area contributed by atoms with Crippen LogP contribution in [-0.2, 0) is 0 Å². The van der Waals surface area contributed by atoms with Crippen LogP contribution in [0.4, 0.5) is 0 Å². The second kappa shape index (κ2) is 6.75. The van der Waals surface area contributed by atoms with E-state index in [0.29, 0.717) is 0 Å². The van der Waals surface area contributed by atoms with Gasteiger partial charge in [-0.2, -0.15) is 0 Å². The van der Waals surface area contributed by atoms with E-state index in [4.69, 9.17) is 0 Å². The Labute approximate surface area is 108 Å². The summed E-state index contributed by atoms with van der Waals surface area (Å²) in [6, 6.07) is 1.63. The molecule has 1 N–H and O–H groups in total. The van der Waals surface area contributed by atoms with Crippen molar-refractivity contribution < 1.29 is 0 Å². The third kappa shape index (κ3) is 5.87. The minimum atomic E-state index is 0.243. The Hall–Kier alpha value is -0.0800. The van der Waals surface area contributed by atoms with E-state index in [1.54, 1.807) is 0 Å². The summed E-state index contributed by atoms with van der Waals surface area (Å²) in [5.74, 6) is 0. The van der Waals surface area contributed by atoms with E-state index in [1.807, 2.05) is 0 Å². The number of unbranched alkanes of at least 4 members (excludes halogenated alkanes) is 1. The number of hydrogen-bond donors (Lipinski definition) is 1. The van der Waals surface area contributed by atoms with Crippen LogP contribution in [0.25, 0.3) is 0 Å². The van der Waals surface area contributed by atoms with E-state index >= 15 is 0 Å². The van der Waals surface area contributed by atoms with Gasteiger partial charge in [0.15, 0.2) is 0 Å². The Bertz CT molecular complexity index is 203. The van der Waals surface area contributed by atoms with Gasteiger partial charge in [0, 0.05) is 24.2 Å². The first-order valence-corrected chi connectivity index (χ1v) is 7.48. The highest BCUT2D eigenvalue weighted by atomic mass is 15.2. The lowest BCUT2D eigenvalue weighted by Crippen LogP contribution is -2.48. The predicted octanol–water partition coefficient (Wildman–Crippen LogP) is 3.42. The van der Waals surface area contributed by atoms with Gasteiger partial charge in [0.1, 0.15) is 0 Å². The number of rotatable bonds is 8. The molecule has 2 heteroatoms. The normalized spacial score (nSPS) is 18.7. The van der Waals surface area contributed by atoms with Gasteiger partial charge in [-0.1, -0.05) is 20.3 Å². The maximum Gasteiger partial charge on any atom is 0.0221 e. The van der Waals surface area contributed by atoms with Gasteiger partial charge in [-0.05, 0) is 53.0 Å². The standard InChI is InChI=1S/C15H32N2/c1-6-8-11-17(14-9-10-14)13(7-2)12-16-15(3,4)5/h13-14,16H,6-12H2,1-5H3. The summed E-state index contributed by atoms with van der Waals surface area (Å²) < 4.78 is 0. The molecule has 0 aromatic heterocycles. The monoisotopic (exact) mass is 240 g/mol. The molecule has 102 valence electrons. The summed E-state index contributed by atoms with van der Waals surface area (Å²) >= 11 is 0. The lowest BCUT2D eigenvalue weighted by Gasteiger charge is -2.34. The zero-order valence-corrected chi connectivity index (χ0v) is 12.6. The third-order valence-electron chi connectivity index (χ3n) is 3.59. The second-order valence-corrected chi connectivity index (χ2v) is 6.52. The van der Waals surface area contributed by atoms with Gasteiger partial charge >= 0.3 is 0 Å². The molecule has 1 aliphatic carbocycles. The molecule has 1 aliphatic rings. The van der Waals surface area contributed by atoms with Crippen LogP contribution in [-0.4, -0.2) is 35.6 Å². The highest BCUT2D eigenvalue weighted by Gasteiger charge is 2.32. The first-order valence-electron chi connectivity index (χ1n) is 7.48. The van der Waals surface area contributed by atoms with E-state index in [0.717, 1.165) is 18.6 Å². The maximum absolute atomic E-state index is 3.67. The molecule has 0 heterocycles. The summed E-state index contributed by atoms with van der Waals surface area (Å²) in [5, 5.41) is 3.67. The molecule has 1 fully saturated rings. The van der Waals surface area contributed by atoms with Crippen molar-refractivity contribution in [3.63, 3.8) is 0 Å². The van der Waals surface area contributed by atoms with Crippen LogP contribution in [0, 0.1) is 0 Å². The first kappa shape index (κ1) is 15.0. The molecule has 1 atom stereocenters. The Kier molecular flexibility index (Phi) is 5.94. The van der Waals surface area contributed by atoms with Crippen molar-refractivity contribution in [1.29, 1.82) is 0 Å². The largest absolute Gasteiger partial charge is 0.311 e. The quantitative estimate of drug-likeness (QED) is 0.699. The highest BCUT2D eigenvalue weighted by Crippen LogP contribution is 2.29. The molecule has 0 spiro atoms. The molecule has 0 radical (unpaired) electrons. The highest BCUT2D eigenvalue weighted by molar-refractivity contribution is 4.90. The molecular formula is C15H32N2. The van der Waals surface area contributed by atoms with E-state index < -0.39 is 0 Å². The molecule has 0 amide bonds. The van der Waals surface area contributed by atoms with Gasteiger partial charge in [-0.25, -0.2) is 0 Å². The lowest BCUT2D eigenvalue weighted by molar-refractivity contribution is 0.166. The van der Waals surface area contributed by atoms with E-state index in [2.05, 4.69) is 44.8 Å². The van der Waals surface area contributed by atoms with Crippen molar-refractivity contribution in [2.75, 3.05) is 13.1 Å². The Morgan fingerprint density at radius 3 is 2.29 bits per heavy atom. The van der Waals surface area contributed by atoms with Crippen LogP contribution < -0.4 is 5.32 Å². The number of nitrogens with one attached hydrogen (secondary N) is 1. The van der Waals surface area contributed by atoms with Crippen LogP contribution >= 0.6 is 0 Å². The maximum atomic E-state index is 3.67. The lowest BCUT2D eigenvalue weighted by atomic mass is 10.1. The average Bonchev–Trinajstić information content (AvgIpc) is 3.05. The molecule has 0 aromatic carbocycles. The first-order chi connectivity index (χ1) is 7.98. The third-order valence-corrected chi connectivity index (χ3v) is 3.59. The van der Waals surface area contributed by atoms with Crippen molar-refractivity contribution in [1.82, 2.24) is 10.2 Å². The van der Waals surface area contributed by atoms with Crippen LogP contribution in [0.3, 0.4) is 0 Å². The SMILES string of the molecule is CCCCN(C1CC1)C(CC)CNC(C)(C)C. The van der Waals surface area contributed by atoms with Crippen molar-refractivity contribution in [3.8, 4) is 0 Å². The number of hydrogen-bond acceptors (Lipinski definition) is 2. The average molecular weight is 240 g/mol. The molecule has 1 rings (SSSR count). The fourth-order valence-corrected chi connectivity index (χ4v) is 2.33. The zero-order chi connectivity index (χ0) is 12.9. The van der Waals surface area contributed by atoms with Crippen molar-refractivity contribution >= 4 is 0 Å². The summed E-state index contributed by atoms with van der Waals surface area (Å²) in [7, 11) is 0. The molecular weight excluding hydrogens is 208 g/mol. The Balaban J connectivity index is 2.43. The summed E-state index contributed by atoms with van der Waals surface area (Å²) in [6.45, 7) is 13.8. The summed E-state index contributed by atoms with van der Waals surface area (Å²) in [6.07, 6.45) is 6.78. The molecule has 1 unspecified atom stereocenters. The predicted molar refractivity (Wildman–Crippen MR) is 76.5 cm³/mol. The van der Waals surface area contributed by atoms with Crippen molar-refractivity contribution in [2.24, 2.45) is 0 Å². The van der Waals surface area contributed by atoms with Gasteiger partial charge in [0.2, 0.25) is 0 Å². The molecule has 0 bridgehead atoms. The minimum absolute atomic E-state index is 0.243. The van der Waals surface area contributed by atoms with Crippen LogP contribution in [0.5, 0.6) is 0 Å². The van der Waals surface area contributed by atoms with Crippen molar-refractivity contribution in [3.05, 3.63) is 0 Å². The molecule has 0 aromatic rings. The molecule has 17 heavy (non-hydrogen) atoms. The topological polar surface area (TPSA) is 15.3 Å². The van der Waals surface area contributed by atoms with Gasteiger partial charge in [-0.3, -0.25) is 4.90 Å². The fraction of sp³-hybridized carbons (Fsp3) is 1.00. The second-order valence-electron chi connectivity index (χ2n) is 6.52. The Morgan fingerprint density at radius 2 is 1.88 bits per heavy atom. The number of nitrogens with zero attached hydrogens (tertiary/aromatic N) is 1. The zero-order valence-electron chi connectivity index (χ0n) is 12.6. The van der Waals surface area contributed by atoms with Crippen LogP contribution in [0.1, 0.15) is 66.7 Å². The molecule has 0 saturated heterocycles. The van der Waals surface area contributed by atoms with Crippen molar-refractivity contribution in [2.45, 2.75) is 84.3 Å². The van der Waals surface area contributed by atoms with Crippen LogP contribution in [0.15, 0.2) is 0 Å². The smallest absolute Gasteiger partial charge is 0.0221 e. The Morgan fingerprint density at radius 1 is 1.24 bits per heavy atom. The van der Waals surface area contributed by atoms with Gasteiger partial charge in [0.05, 0.1) is 0 Å². The van der Waals surface area contributed by atoms with Gasteiger partial charge in [-0.15, -0.1) is 0 Å². The minimum Gasteiger partial charge on any atom is -0.311 e. The van der Waals surface area contributed by atoms with E-state index in [9.17, 15) is 0 Å². The molecule has 2 nitrogen and oxygen atoms in total. The van der Waals surface area contributed by atoms with E-state index in [1.165, 1.54) is 38.6 Å². The summed E-state index contributed by atoms with van der Waals surface area (Å²) in [4.78, 5) is 2.77.